The Morgan fingerprint density at radius 3 is 2.40 bits per heavy atom. The average molecular weight is 386 g/mol. The number of hydrogen-bond donors (Lipinski definition) is 3. The quantitative estimate of drug-likeness (QED) is 0.604. The minimum absolute atomic E-state index is 0. The molecule has 0 radical (unpaired) electrons. The number of nitrogens with two attached hydrogens (primary N) is 2. The van der Waals surface area contributed by atoms with Gasteiger partial charge in [0.15, 0.2) is 5.75 Å². The van der Waals surface area contributed by atoms with Crippen molar-refractivity contribution in [2.75, 3.05) is 11.9 Å². The van der Waals surface area contributed by atoms with Crippen molar-refractivity contribution < 1.29 is 13.2 Å². The Balaban J connectivity index is 0.00000312. The van der Waals surface area contributed by atoms with E-state index in [1.807, 2.05) is 18.2 Å². The van der Waals surface area contributed by atoms with Crippen LogP contribution in [-0.2, 0) is 16.6 Å². The van der Waals surface area contributed by atoms with E-state index < -0.39 is 10.0 Å². The summed E-state index contributed by atoms with van der Waals surface area (Å²) in [5, 5.41) is 8.60. The maximum Gasteiger partial charge on any atom is 0.241 e. The van der Waals surface area contributed by atoms with Crippen LogP contribution in [0.25, 0.3) is 0 Å². The SMILES string of the molecule is CCCCNc1cc(CN)cc(S(N)(=O)=O)c1Oc1ccccc1.Cl. The molecular weight excluding hydrogens is 362 g/mol. The molecule has 0 fully saturated rings. The topological polar surface area (TPSA) is 107 Å². The number of primary sulfonamides is 1. The normalized spacial score (nSPS) is 10.8. The molecule has 0 bridgehead atoms. The number of halogens is 1. The van der Waals surface area contributed by atoms with Crippen LogP contribution in [0.15, 0.2) is 47.4 Å². The number of benzene rings is 2. The Hall–Kier alpha value is -1.80. The van der Waals surface area contributed by atoms with Gasteiger partial charge in [-0.05, 0) is 36.2 Å². The van der Waals surface area contributed by atoms with Gasteiger partial charge in [0.25, 0.3) is 0 Å². The van der Waals surface area contributed by atoms with Crippen LogP contribution in [0.3, 0.4) is 0 Å². The molecule has 2 aromatic rings. The highest BCUT2D eigenvalue weighted by molar-refractivity contribution is 7.89. The highest BCUT2D eigenvalue weighted by atomic mass is 35.5. The van der Waals surface area contributed by atoms with E-state index in [2.05, 4.69) is 12.2 Å². The smallest absolute Gasteiger partial charge is 0.241 e. The van der Waals surface area contributed by atoms with E-state index in [9.17, 15) is 8.42 Å². The van der Waals surface area contributed by atoms with Gasteiger partial charge >= 0.3 is 0 Å². The van der Waals surface area contributed by atoms with Crippen LogP contribution in [0.2, 0.25) is 0 Å². The fourth-order valence-corrected chi connectivity index (χ4v) is 2.96. The zero-order chi connectivity index (χ0) is 17.6. The van der Waals surface area contributed by atoms with Gasteiger partial charge < -0.3 is 15.8 Å². The fraction of sp³-hybridized carbons (Fsp3) is 0.294. The van der Waals surface area contributed by atoms with Crippen LogP contribution in [0.4, 0.5) is 5.69 Å². The Bertz CT molecular complexity index is 783. The number of sulfonamides is 1. The Morgan fingerprint density at radius 2 is 1.84 bits per heavy atom. The van der Waals surface area contributed by atoms with Crippen LogP contribution in [0.5, 0.6) is 11.5 Å². The molecule has 0 saturated carbocycles. The van der Waals surface area contributed by atoms with Crippen LogP contribution in [-0.4, -0.2) is 15.0 Å². The first kappa shape index (κ1) is 21.2. The zero-order valence-corrected chi connectivity index (χ0v) is 15.7. The van der Waals surface area contributed by atoms with E-state index in [1.165, 1.54) is 6.07 Å². The summed E-state index contributed by atoms with van der Waals surface area (Å²) >= 11 is 0. The molecular formula is C17H24ClN3O3S. The number of nitrogens with one attached hydrogen (secondary N) is 1. The first-order valence-corrected chi connectivity index (χ1v) is 9.37. The van der Waals surface area contributed by atoms with Gasteiger partial charge in [0.1, 0.15) is 10.6 Å². The first-order valence-electron chi connectivity index (χ1n) is 7.82. The summed E-state index contributed by atoms with van der Waals surface area (Å²) in [6.45, 7) is 2.98. The molecule has 0 aromatic heterocycles. The number of anilines is 1. The maximum absolute atomic E-state index is 12.0. The molecule has 6 nitrogen and oxygen atoms in total. The summed E-state index contributed by atoms with van der Waals surface area (Å²) in [7, 11) is -3.96. The van der Waals surface area contributed by atoms with Crippen LogP contribution in [0.1, 0.15) is 25.3 Å². The second kappa shape index (κ2) is 9.62. The van der Waals surface area contributed by atoms with Gasteiger partial charge in [-0.2, -0.15) is 0 Å². The minimum Gasteiger partial charge on any atom is -0.454 e. The summed E-state index contributed by atoms with van der Waals surface area (Å²) in [4.78, 5) is -0.0756. The Kier molecular flexibility index (Phi) is 8.18. The van der Waals surface area contributed by atoms with Gasteiger partial charge in [-0.25, -0.2) is 13.6 Å². The number of para-hydroxylation sites is 1. The lowest BCUT2D eigenvalue weighted by molar-refractivity contribution is 0.469. The minimum atomic E-state index is -3.96. The zero-order valence-electron chi connectivity index (χ0n) is 14.1. The largest absolute Gasteiger partial charge is 0.454 e. The third-order valence-corrected chi connectivity index (χ3v) is 4.38. The van der Waals surface area contributed by atoms with Crippen molar-refractivity contribution in [1.29, 1.82) is 0 Å². The lowest BCUT2D eigenvalue weighted by Gasteiger charge is -2.17. The van der Waals surface area contributed by atoms with Gasteiger partial charge in [-0.1, -0.05) is 31.5 Å². The summed E-state index contributed by atoms with van der Waals surface area (Å²) in [6.07, 6.45) is 1.96. The molecule has 0 saturated heterocycles. The third-order valence-electron chi connectivity index (χ3n) is 3.47. The van der Waals surface area contributed by atoms with E-state index in [0.717, 1.165) is 12.8 Å². The van der Waals surface area contributed by atoms with Crippen molar-refractivity contribution in [2.24, 2.45) is 10.9 Å². The second-order valence-corrected chi connectivity index (χ2v) is 6.95. The van der Waals surface area contributed by atoms with Crippen molar-refractivity contribution in [3.8, 4) is 11.5 Å². The molecule has 0 amide bonds. The average Bonchev–Trinajstić information content (AvgIpc) is 2.56. The number of rotatable bonds is 8. The molecule has 5 N–H and O–H groups in total. The van der Waals surface area contributed by atoms with Crippen LogP contribution < -0.4 is 20.9 Å². The molecule has 0 aliphatic carbocycles. The van der Waals surface area contributed by atoms with Crippen molar-refractivity contribution in [2.45, 2.75) is 31.2 Å². The van der Waals surface area contributed by atoms with Crippen molar-refractivity contribution in [3.63, 3.8) is 0 Å². The first-order chi connectivity index (χ1) is 11.5. The standard InChI is InChI=1S/C17H23N3O3S.ClH/c1-2-3-9-20-15-10-13(12-18)11-16(24(19,21)22)17(15)23-14-7-5-4-6-8-14;/h4-8,10-11,20H,2-3,9,12,18H2,1H3,(H2,19,21,22);1H. The molecule has 0 aliphatic rings. The lowest BCUT2D eigenvalue weighted by atomic mass is 10.1. The molecule has 8 heteroatoms. The van der Waals surface area contributed by atoms with Crippen LogP contribution in [0, 0.1) is 0 Å². The molecule has 0 atom stereocenters. The van der Waals surface area contributed by atoms with Crippen LogP contribution >= 0.6 is 12.4 Å². The number of hydrogen-bond acceptors (Lipinski definition) is 5. The predicted molar refractivity (Wildman–Crippen MR) is 103 cm³/mol. The highest BCUT2D eigenvalue weighted by Crippen LogP contribution is 2.37. The molecule has 25 heavy (non-hydrogen) atoms. The third kappa shape index (κ3) is 5.89. The lowest BCUT2D eigenvalue weighted by Crippen LogP contribution is -2.16. The van der Waals surface area contributed by atoms with Crippen molar-refractivity contribution in [1.82, 2.24) is 0 Å². The van der Waals surface area contributed by atoms with Gasteiger partial charge in [0.2, 0.25) is 10.0 Å². The molecule has 0 spiro atoms. The monoisotopic (exact) mass is 385 g/mol. The molecule has 138 valence electrons. The van der Waals surface area contributed by atoms with Crippen molar-refractivity contribution >= 4 is 28.1 Å². The summed E-state index contributed by atoms with van der Waals surface area (Å²) in [5.74, 6) is 0.721. The van der Waals surface area contributed by atoms with E-state index in [4.69, 9.17) is 15.6 Å². The molecule has 0 aliphatic heterocycles. The van der Waals surface area contributed by atoms with Gasteiger partial charge in [-0.15, -0.1) is 12.4 Å². The molecule has 2 aromatic carbocycles. The van der Waals surface area contributed by atoms with Gasteiger partial charge in [0, 0.05) is 13.1 Å². The predicted octanol–water partition coefficient (Wildman–Crippen LogP) is 3.22. The molecule has 0 unspecified atom stereocenters. The maximum atomic E-state index is 12.0. The number of unbranched alkanes of at least 4 members (excludes halogenated alkanes) is 1. The van der Waals surface area contributed by atoms with E-state index in [1.54, 1.807) is 18.2 Å². The van der Waals surface area contributed by atoms with Crippen molar-refractivity contribution in [3.05, 3.63) is 48.0 Å². The van der Waals surface area contributed by atoms with E-state index in [-0.39, 0.29) is 29.6 Å². The van der Waals surface area contributed by atoms with E-state index >= 15 is 0 Å². The Morgan fingerprint density at radius 1 is 1.16 bits per heavy atom. The number of ether oxygens (including phenoxy) is 1. The molecule has 0 heterocycles. The summed E-state index contributed by atoms with van der Waals surface area (Å²) < 4.78 is 29.9. The highest BCUT2D eigenvalue weighted by Gasteiger charge is 2.21. The van der Waals surface area contributed by atoms with Gasteiger partial charge in [0.05, 0.1) is 5.69 Å². The summed E-state index contributed by atoms with van der Waals surface area (Å²) in [5.41, 5.74) is 6.92. The molecule has 2 rings (SSSR count). The fourth-order valence-electron chi connectivity index (χ4n) is 2.23. The summed E-state index contributed by atoms with van der Waals surface area (Å²) in [6, 6.07) is 12.2. The Labute approximate surface area is 155 Å². The van der Waals surface area contributed by atoms with Gasteiger partial charge in [-0.3, -0.25) is 0 Å². The van der Waals surface area contributed by atoms with E-state index in [0.29, 0.717) is 23.5 Å². The second-order valence-electron chi connectivity index (χ2n) is 5.42.